The average molecular weight is 505 g/mol. The first kappa shape index (κ1) is 25.1. The summed E-state index contributed by atoms with van der Waals surface area (Å²) in [5, 5.41) is 0. The van der Waals surface area contributed by atoms with E-state index < -0.39 is 56.3 Å². The van der Waals surface area contributed by atoms with E-state index in [2.05, 4.69) is 9.78 Å². The molecule has 0 fully saturated rings. The lowest BCUT2D eigenvalue weighted by Crippen LogP contribution is -2.18. The second-order valence-corrected chi connectivity index (χ2v) is 8.31. The van der Waals surface area contributed by atoms with Gasteiger partial charge in [-0.05, 0) is 53.6 Å². The SMILES string of the molecule is O=C(OOC(F)F)c1ccc(-c2cccc(F)c2)cc1NS(=O)(=O)c1cccc(C(F)(F)F)c1. The number of sulfonamides is 1. The number of rotatable bonds is 7. The summed E-state index contributed by atoms with van der Waals surface area (Å²) in [6.07, 6.45) is -4.83. The van der Waals surface area contributed by atoms with Crippen LogP contribution in [0.2, 0.25) is 0 Å². The zero-order chi connectivity index (χ0) is 25.1. The lowest BCUT2D eigenvalue weighted by molar-refractivity contribution is -0.343. The van der Waals surface area contributed by atoms with E-state index in [-0.39, 0.29) is 11.1 Å². The normalized spacial score (nSPS) is 12.0. The van der Waals surface area contributed by atoms with E-state index in [1.165, 1.54) is 18.2 Å². The summed E-state index contributed by atoms with van der Waals surface area (Å²) < 4.78 is 105. The molecule has 0 aromatic heterocycles. The highest BCUT2D eigenvalue weighted by molar-refractivity contribution is 7.92. The summed E-state index contributed by atoms with van der Waals surface area (Å²) in [6, 6.07) is 11.1. The van der Waals surface area contributed by atoms with Crippen LogP contribution in [0.15, 0.2) is 71.6 Å². The molecule has 13 heteroatoms. The molecule has 0 amide bonds. The summed E-state index contributed by atoms with van der Waals surface area (Å²) in [5.41, 5.74) is -1.94. The van der Waals surface area contributed by atoms with Crippen LogP contribution in [-0.4, -0.2) is 21.0 Å². The van der Waals surface area contributed by atoms with Crippen LogP contribution in [0.1, 0.15) is 15.9 Å². The summed E-state index contributed by atoms with van der Waals surface area (Å²) in [6.45, 7) is -3.49. The lowest BCUT2D eigenvalue weighted by Gasteiger charge is -2.15. The van der Waals surface area contributed by atoms with Crippen molar-refractivity contribution in [2.75, 3.05) is 4.72 Å². The van der Waals surface area contributed by atoms with Gasteiger partial charge in [0.1, 0.15) is 5.82 Å². The molecule has 0 atom stereocenters. The van der Waals surface area contributed by atoms with Crippen molar-refractivity contribution in [1.82, 2.24) is 0 Å². The summed E-state index contributed by atoms with van der Waals surface area (Å²) in [7, 11) is -4.71. The molecule has 0 aliphatic rings. The minimum Gasteiger partial charge on any atom is -0.287 e. The molecule has 0 aliphatic heterocycles. The van der Waals surface area contributed by atoms with E-state index in [0.29, 0.717) is 12.1 Å². The van der Waals surface area contributed by atoms with Gasteiger partial charge in [0.2, 0.25) is 0 Å². The molecule has 6 nitrogen and oxygen atoms in total. The van der Waals surface area contributed by atoms with E-state index in [4.69, 9.17) is 0 Å². The van der Waals surface area contributed by atoms with Gasteiger partial charge in [0.05, 0.1) is 21.7 Å². The van der Waals surface area contributed by atoms with Gasteiger partial charge in [-0.2, -0.15) is 22.0 Å². The van der Waals surface area contributed by atoms with Gasteiger partial charge >= 0.3 is 18.8 Å². The zero-order valence-corrected chi connectivity index (χ0v) is 17.5. The lowest BCUT2D eigenvalue weighted by atomic mass is 10.0. The summed E-state index contributed by atoms with van der Waals surface area (Å²) in [5.74, 6) is -2.15. The summed E-state index contributed by atoms with van der Waals surface area (Å²) in [4.78, 5) is 18.8. The zero-order valence-electron chi connectivity index (χ0n) is 16.6. The number of hydrogen-bond acceptors (Lipinski definition) is 5. The molecule has 180 valence electrons. The predicted octanol–water partition coefficient (Wildman–Crippen LogP) is 5.62. The number of hydrogen-bond donors (Lipinski definition) is 1. The second-order valence-electron chi connectivity index (χ2n) is 6.63. The molecule has 3 aromatic rings. The van der Waals surface area contributed by atoms with Crippen LogP contribution in [0.4, 0.5) is 32.0 Å². The van der Waals surface area contributed by atoms with Crippen LogP contribution in [0.3, 0.4) is 0 Å². The number of nitrogens with one attached hydrogen (secondary N) is 1. The van der Waals surface area contributed by atoms with Crippen LogP contribution in [0, 0.1) is 5.82 Å². The highest BCUT2D eigenvalue weighted by Gasteiger charge is 2.32. The molecule has 3 aromatic carbocycles. The quantitative estimate of drug-likeness (QED) is 0.256. The number of halogens is 6. The molecular weight excluding hydrogens is 492 g/mol. The first-order chi connectivity index (χ1) is 15.9. The monoisotopic (exact) mass is 505 g/mol. The van der Waals surface area contributed by atoms with Crippen molar-refractivity contribution in [3.63, 3.8) is 0 Å². The molecular formula is C21H13F6NO5S. The standard InChI is InChI=1S/C21H13F6NO5S/c22-15-5-1-3-12(9-15)13-7-8-17(19(29)32-33-20(23)24)18(10-13)28-34(30,31)16-6-2-4-14(11-16)21(25,26)27/h1-11,20,28H. The van der Waals surface area contributed by atoms with Crippen molar-refractivity contribution in [3.05, 3.63) is 83.7 Å². The Bertz CT molecular complexity index is 1310. The fraction of sp³-hybridized carbons (Fsp3) is 0.0952. The molecule has 0 unspecified atom stereocenters. The van der Waals surface area contributed by atoms with Gasteiger partial charge in [-0.25, -0.2) is 17.6 Å². The Hall–Kier alpha value is -3.58. The van der Waals surface area contributed by atoms with Crippen LogP contribution in [0.25, 0.3) is 11.1 Å². The van der Waals surface area contributed by atoms with Gasteiger partial charge in [-0.1, -0.05) is 24.3 Å². The molecule has 0 spiro atoms. The number of anilines is 1. The molecule has 0 heterocycles. The average Bonchev–Trinajstić information content (AvgIpc) is 2.76. The van der Waals surface area contributed by atoms with Gasteiger partial charge < -0.3 is 0 Å². The van der Waals surface area contributed by atoms with Crippen molar-refractivity contribution in [3.8, 4) is 11.1 Å². The molecule has 1 N–H and O–H groups in total. The third-order valence-corrected chi connectivity index (χ3v) is 5.67. The Morgan fingerprint density at radius 3 is 2.24 bits per heavy atom. The van der Waals surface area contributed by atoms with Gasteiger partial charge in [0.15, 0.2) is 0 Å². The van der Waals surface area contributed by atoms with Crippen LogP contribution in [-0.2, 0) is 26.0 Å². The topological polar surface area (TPSA) is 81.7 Å². The maximum absolute atomic E-state index is 13.6. The minimum atomic E-state index is -4.83. The molecule has 0 aliphatic carbocycles. The van der Waals surface area contributed by atoms with Crippen molar-refractivity contribution < 1.29 is 49.3 Å². The van der Waals surface area contributed by atoms with E-state index in [1.807, 2.05) is 4.72 Å². The Kier molecular flexibility index (Phi) is 7.17. The van der Waals surface area contributed by atoms with Crippen molar-refractivity contribution in [2.45, 2.75) is 17.7 Å². The fourth-order valence-corrected chi connectivity index (χ4v) is 3.94. The molecule has 0 bridgehead atoms. The highest BCUT2D eigenvalue weighted by Crippen LogP contribution is 2.32. The van der Waals surface area contributed by atoms with Crippen LogP contribution < -0.4 is 4.72 Å². The second kappa shape index (κ2) is 9.73. The predicted molar refractivity (Wildman–Crippen MR) is 107 cm³/mol. The van der Waals surface area contributed by atoms with Crippen molar-refractivity contribution in [2.24, 2.45) is 0 Å². The van der Waals surface area contributed by atoms with Crippen molar-refractivity contribution >= 4 is 21.7 Å². The Morgan fingerprint density at radius 2 is 1.59 bits per heavy atom. The molecule has 3 rings (SSSR count). The third kappa shape index (κ3) is 6.05. The Balaban J connectivity index is 2.06. The van der Waals surface area contributed by atoms with Gasteiger partial charge in [-0.15, -0.1) is 4.89 Å². The van der Waals surface area contributed by atoms with Crippen LogP contribution in [0.5, 0.6) is 0 Å². The van der Waals surface area contributed by atoms with Gasteiger partial charge in [0.25, 0.3) is 10.0 Å². The largest absolute Gasteiger partial charge is 0.416 e. The Morgan fingerprint density at radius 1 is 0.912 bits per heavy atom. The highest BCUT2D eigenvalue weighted by atomic mass is 32.2. The number of carbonyl (C=O) groups excluding carboxylic acids is 1. The Labute approximate surface area is 188 Å². The third-order valence-electron chi connectivity index (χ3n) is 4.31. The number of carbonyl (C=O) groups is 1. The van der Waals surface area contributed by atoms with E-state index >= 15 is 0 Å². The number of alkyl halides is 5. The van der Waals surface area contributed by atoms with E-state index in [1.54, 1.807) is 0 Å². The maximum Gasteiger partial charge on any atom is 0.416 e. The van der Waals surface area contributed by atoms with Gasteiger partial charge in [-0.3, -0.25) is 9.61 Å². The number of benzene rings is 3. The molecule has 0 saturated carbocycles. The first-order valence-electron chi connectivity index (χ1n) is 9.13. The van der Waals surface area contributed by atoms with Crippen LogP contribution >= 0.6 is 0 Å². The maximum atomic E-state index is 13.6. The minimum absolute atomic E-state index is 0.188. The molecule has 34 heavy (non-hydrogen) atoms. The first-order valence-corrected chi connectivity index (χ1v) is 10.6. The smallest absolute Gasteiger partial charge is 0.287 e. The van der Waals surface area contributed by atoms with E-state index in [9.17, 15) is 39.6 Å². The van der Waals surface area contributed by atoms with Gasteiger partial charge in [0, 0.05) is 0 Å². The molecule has 0 saturated heterocycles. The van der Waals surface area contributed by atoms with Crippen molar-refractivity contribution in [1.29, 1.82) is 0 Å². The summed E-state index contributed by atoms with van der Waals surface area (Å²) >= 11 is 0. The van der Waals surface area contributed by atoms with E-state index in [0.717, 1.165) is 36.4 Å². The molecule has 0 radical (unpaired) electrons. The fourth-order valence-electron chi connectivity index (χ4n) is 2.82.